The number of amides is 2. The highest BCUT2D eigenvalue weighted by atomic mass is 16.5. The molecule has 2 heterocycles. The first-order chi connectivity index (χ1) is 13.5. The molecule has 0 saturated carbocycles. The van der Waals surface area contributed by atoms with Gasteiger partial charge in [0.2, 0.25) is 0 Å². The molecular weight excluding hydrogens is 358 g/mol. The summed E-state index contributed by atoms with van der Waals surface area (Å²) in [7, 11) is 1.32. The number of carbonyl (C=O) groups is 2. The number of hydrogen-bond donors (Lipinski definition) is 2. The molecule has 0 spiro atoms. The number of aromatic nitrogens is 3. The number of ether oxygens (including phenoxy) is 1. The van der Waals surface area contributed by atoms with Gasteiger partial charge in [0, 0.05) is 11.9 Å². The van der Waals surface area contributed by atoms with Gasteiger partial charge in [-0.1, -0.05) is 19.9 Å². The first-order valence-electron chi connectivity index (χ1n) is 9.03. The lowest BCUT2D eigenvalue weighted by Gasteiger charge is -2.19. The molecule has 1 aromatic carbocycles. The van der Waals surface area contributed by atoms with Gasteiger partial charge in [-0.15, -0.1) is 10.2 Å². The number of esters is 1. The summed E-state index contributed by atoms with van der Waals surface area (Å²) < 4.78 is 6.54. The molecule has 1 atom stereocenters. The van der Waals surface area contributed by atoms with Crippen LogP contribution in [0, 0.1) is 5.92 Å². The highest BCUT2D eigenvalue weighted by molar-refractivity contribution is 5.92. The summed E-state index contributed by atoms with van der Waals surface area (Å²) >= 11 is 0. The molecule has 2 N–H and O–H groups in total. The Morgan fingerprint density at radius 3 is 2.54 bits per heavy atom. The van der Waals surface area contributed by atoms with Gasteiger partial charge in [0.25, 0.3) is 0 Å². The standard InChI is InChI=1S/C20H23N5O3/c1-13(2)12-16(18-24-23-17-6-4-5-11-25(17)18)22-20(27)21-15-9-7-14(8-10-15)19(26)28-3/h4-11,13,16H,12H2,1-3H3,(H2,21,22,27). The van der Waals surface area contributed by atoms with Crippen molar-refractivity contribution in [3.05, 3.63) is 60.0 Å². The molecule has 28 heavy (non-hydrogen) atoms. The Morgan fingerprint density at radius 1 is 1.11 bits per heavy atom. The van der Waals surface area contributed by atoms with Crippen LogP contribution in [0.3, 0.4) is 0 Å². The monoisotopic (exact) mass is 381 g/mol. The molecule has 0 saturated heterocycles. The van der Waals surface area contributed by atoms with Gasteiger partial charge in [0.05, 0.1) is 18.7 Å². The average Bonchev–Trinajstić information content (AvgIpc) is 3.11. The van der Waals surface area contributed by atoms with E-state index in [1.807, 2.05) is 28.8 Å². The summed E-state index contributed by atoms with van der Waals surface area (Å²) in [5, 5.41) is 14.2. The Bertz CT molecular complexity index is 965. The Hall–Kier alpha value is -3.42. The number of hydrogen-bond acceptors (Lipinski definition) is 5. The lowest BCUT2D eigenvalue weighted by atomic mass is 10.0. The van der Waals surface area contributed by atoms with E-state index < -0.39 is 5.97 Å². The zero-order valence-electron chi connectivity index (χ0n) is 16.0. The molecule has 8 heteroatoms. The summed E-state index contributed by atoms with van der Waals surface area (Å²) in [5.74, 6) is 0.605. The van der Waals surface area contributed by atoms with Crippen molar-refractivity contribution in [3.8, 4) is 0 Å². The maximum atomic E-state index is 12.5. The highest BCUT2D eigenvalue weighted by Crippen LogP contribution is 2.21. The lowest BCUT2D eigenvalue weighted by Crippen LogP contribution is -2.34. The summed E-state index contributed by atoms with van der Waals surface area (Å²) in [5.41, 5.74) is 1.72. The minimum absolute atomic E-state index is 0.299. The van der Waals surface area contributed by atoms with Crippen LogP contribution in [-0.4, -0.2) is 33.7 Å². The third-order valence-corrected chi connectivity index (χ3v) is 4.23. The number of nitrogens with one attached hydrogen (secondary N) is 2. The van der Waals surface area contributed by atoms with Crippen LogP contribution >= 0.6 is 0 Å². The zero-order valence-corrected chi connectivity index (χ0v) is 16.0. The third-order valence-electron chi connectivity index (χ3n) is 4.23. The van der Waals surface area contributed by atoms with Gasteiger partial charge in [-0.3, -0.25) is 4.40 Å². The number of urea groups is 1. The van der Waals surface area contributed by atoms with Gasteiger partial charge in [-0.25, -0.2) is 9.59 Å². The number of nitrogens with zero attached hydrogens (tertiary/aromatic N) is 3. The van der Waals surface area contributed by atoms with Crippen molar-refractivity contribution in [1.29, 1.82) is 0 Å². The Morgan fingerprint density at radius 2 is 1.86 bits per heavy atom. The molecule has 0 aliphatic rings. The van der Waals surface area contributed by atoms with Crippen LogP contribution in [0.15, 0.2) is 48.7 Å². The quantitative estimate of drug-likeness (QED) is 0.638. The second-order valence-electron chi connectivity index (χ2n) is 6.84. The molecule has 8 nitrogen and oxygen atoms in total. The van der Waals surface area contributed by atoms with Crippen LogP contribution in [0.5, 0.6) is 0 Å². The highest BCUT2D eigenvalue weighted by Gasteiger charge is 2.21. The van der Waals surface area contributed by atoms with Crippen LogP contribution in [0.2, 0.25) is 0 Å². The van der Waals surface area contributed by atoms with E-state index in [1.54, 1.807) is 24.3 Å². The number of pyridine rings is 1. The minimum atomic E-state index is -0.424. The third kappa shape index (κ3) is 4.46. The summed E-state index contributed by atoms with van der Waals surface area (Å²) in [4.78, 5) is 24.0. The van der Waals surface area contributed by atoms with Gasteiger partial charge in [0.1, 0.15) is 0 Å². The molecule has 0 aliphatic carbocycles. The number of benzene rings is 1. The van der Waals surface area contributed by atoms with Crippen molar-refractivity contribution < 1.29 is 14.3 Å². The molecule has 1 unspecified atom stereocenters. The van der Waals surface area contributed by atoms with Gasteiger partial charge >= 0.3 is 12.0 Å². The van der Waals surface area contributed by atoms with Crippen LogP contribution < -0.4 is 10.6 Å². The largest absolute Gasteiger partial charge is 0.465 e. The Labute approximate surface area is 162 Å². The van der Waals surface area contributed by atoms with E-state index in [0.29, 0.717) is 29.4 Å². The zero-order chi connectivity index (χ0) is 20.1. The second-order valence-corrected chi connectivity index (χ2v) is 6.84. The minimum Gasteiger partial charge on any atom is -0.465 e. The van der Waals surface area contributed by atoms with Crippen molar-refractivity contribution in [1.82, 2.24) is 19.9 Å². The number of fused-ring (bicyclic) bond motifs is 1. The average molecular weight is 381 g/mol. The fourth-order valence-electron chi connectivity index (χ4n) is 2.93. The molecule has 0 radical (unpaired) electrons. The molecule has 0 bridgehead atoms. The number of methoxy groups -OCH3 is 1. The maximum Gasteiger partial charge on any atom is 0.337 e. The van der Waals surface area contributed by atoms with Crippen LogP contribution in [0.1, 0.15) is 42.5 Å². The van der Waals surface area contributed by atoms with E-state index in [9.17, 15) is 9.59 Å². The van der Waals surface area contributed by atoms with Crippen LogP contribution in [0.25, 0.3) is 5.65 Å². The van der Waals surface area contributed by atoms with E-state index in [0.717, 1.165) is 5.65 Å². The van der Waals surface area contributed by atoms with Crippen molar-refractivity contribution in [3.63, 3.8) is 0 Å². The first-order valence-corrected chi connectivity index (χ1v) is 9.03. The summed E-state index contributed by atoms with van der Waals surface area (Å²) in [6.45, 7) is 4.17. The van der Waals surface area contributed by atoms with Crippen molar-refractivity contribution in [2.24, 2.45) is 5.92 Å². The van der Waals surface area contributed by atoms with Crippen LogP contribution in [0.4, 0.5) is 10.5 Å². The van der Waals surface area contributed by atoms with E-state index in [4.69, 9.17) is 0 Å². The van der Waals surface area contributed by atoms with Gasteiger partial charge < -0.3 is 15.4 Å². The SMILES string of the molecule is COC(=O)c1ccc(NC(=O)NC(CC(C)C)c2nnc3ccccn23)cc1. The molecule has 3 aromatic rings. The number of carbonyl (C=O) groups excluding carboxylic acids is 2. The maximum absolute atomic E-state index is 12.5. The van der Waals surface area contributed by atoms with E-state index >= 15 is 0 Å². The summed E-state index contributed by atoms with van der Waals surface area (Å²) in [6, 6.07) is 11.5. The topological polar surface area (TPSA) is 97.6 Å². The van der Waals surface area contributed by atoms with Crippen molar-refractivity contribution in [2.45, 2.75) is 26.3 Å². The molecule has 2 amide bonds. The Kier molecular flexibility index (Phi) is 5.88. The lowest BCUT2D eigenvalue weighted by molar-refractivity contribution is 0.0600. The molecule has 0 fully saturated rings. The fourth-order valence-corrected chi connectivity index (χ4v) is 2.93. The van der Waals surface area contributed by atoms with Gasteiger partial charge in [-0.2, -0.15) is 0 Å². The molecule has 146 valence electrons. The van der Waals surface area contributed by atoms with E-state index in [-0.39, 0.29) is 12.1 Å². The number of rotatable bonds is 6. The predicted octanol–water partition coefficient (Wildman–Crippen LogP) is 3.42. The molecular formula is C20H23N5O3. The molecule has 3 rings (SSSR count). The second kappa shape index (κ2) is 8.51. The Balaban J connectivity index is 1.74. The first kappa shape index (κ1) is 19.3. The fraction of sp³-hybridized carbons (Fsp3) is 0.300. The van der Waals surface area contributed by atoms with Crippen molar-refractivity contribution >= 4 is 23.3 Å². The van der Waals surface area contributed by atoms with Gasteiger partial charge in [0.15, 0.2) is 11.5 Å². The smallest absolute Gasteiger partial charge is 0.337 e. The molecule has 0 aliphatic heterocycles. The number of anilines is 1. The normalized spacial score (nSPS) is 12.0. The van der Waals surface area contributed by atoms with Crippen molar-refractivity contribution in [2.75, 3.05) is 12.4 Å². The van der Waals surface area contributed by atoms with E-state index in [1.165, 1.54) is 7.11 Å². The predicted molar refractivity (Wildman–Crippen MR) is 105 cm³/mol. The molecule has 2 aromatic heterocycles. The summed E-state index contributed by atoms with van der Waals surface area (Å²) in [6.07, 6.45) is 2.59. The van der Waals surface area contributed by atoms with Crippen LogP contribution in [-0.2, 0) is 4.74 Å². The van der Waals surface area contributed by atoms with Gasteiger partial charge in [-0.05, 0) is 48.7 Å². The van der Waals surface area contributed by atoms with E-state index in [2.05, 4.69) is 39.4 Å².